The molecule has 54 heavy (non-hydrogen) atoms. The smallest absolute Gasteiger partial charge is 0.306 e. The lowest BCUT2D eigenvalue weighted by molar-refractivity contribution is -0.870. The molecule has 0 aliphatic rings. The summed E-state index contributed by atoms with van der Waals surface area (Å²) in [5.74, 6) is -0.835. The fraction of sp³-hybridized carbons (Fsp3) is 0.864. The highest BCUT2D eigenvalue weighted by Gasteiger charge is 2.21. The number of rotatable bonds is 41. The van der Waals surface area contributed by atoms with Crippen LogP contribution in [0.1, 0.15) is 193 Å². The second kappa shape index (κ2) is 37.1. The van der Waals surface area contributed by atoms with Gasteiger partial charge in [-0.25, -0.2) is 0 Å². The molecule has 1 unspecified atom stereocenters. The van der Waals surface area contributed by atoms with Gasteiger partial charge in [-0.05, 0) is 44.9 Å². The van der Waals surface area contributed by atoms with E-state index in [0.29, 0.717) is 17.4 Å². The number of carbonyl (C=O) groups excluding carboxylic acids is 2. The Hall–Kier alpha value is -1.51. The predicted octanol–water partition coefficient (Wildman–Crippen LogP) is 11.7. The number of carbonyl (C=O) groups is 2. The summed E-state index contributed by atoms with van der Waals surface area (Å²) >= 11 is 0. The van der Waals surface area contributed by atoms with Crippen LogP contribution in [0, 0.1) is 0 Å². The van der Waals surface area contributed by atoms with Gasteiger partial charge in [-0.1, -0.05) is 154 Å². The molecule has 0 N–H and O–H groups in total. The molecule has 0 bridgehead atoms. The summed E-state index contributed by atoms with van der Waals surface area (Å²) < 4.78 is 33.9. The van der Waals surface area contributed by atoms with E-state index in [0.717, 1.165) is 44.9 Å². The highest BCUT2D eigenvalue weighted by atomic mass is 31.2. The van der Waals surface area contributed by atoms with Crippen LogP contribution in [0.4, 0.5) is 0 Å². The number of allylic oxidation sites excluding steroid dienone is 3. The second-order valence-corrected chi connectivity index (χ2v) is 17.6. The lowest BCUT2D eigenvalue weighted by atomic mass is 10.0. The maximum absolute atomic E-state index is 12.7. The number of hydrogen-bond acceptors (Lipinski definition) is 8. The Kier molecular flexibility index (Phi) is 36.1. The van der Waals surface area contributed by atoms with Crippen molar-refractivity contribution in [3.05, 3.63) is 24.8 Å². The summed E-state index contributed by atoms with van der Waals surface area (Å²) in [6, 6.07) is 0. The van der Waals surface area contributed by atoms with Crippen LogP contribution < -0.4 is 4.89 Å². The molecule has 0 heterocycles. The molecule has 0 saturated heterocycles. The summed E-state index contributed by atoms with van der Waals surface area (Å²) in [7, 11) is 1.17. The number of hydrogen-bond donors (Lipinski definition) is 0. The monoisotopic (exact) mass is 786 g/mol. The first-order valence-electron chi connectivity index (χ1n) is 22.0. The molecular formula is C44H84NO8P. The summed E-state index contributed by atoms with van der Waals surface area (Å²) in [5.41, 5.74) is 0. The van der Waals surface area contributed by atoms with Crippen LogP contribution >= 0.6 is 7.82 Å². The lowest BCUT2D eigenvalue weighted by Gasteiger charge is -2.28. The van der Waals surface area contributed by atoms with Gasteiger partial charge in [-0.2, -0.15) is 0 Å². The van der Waals surface area contributed by atoms with Gasteiger partial charge in [0.15, 0.2) is 6.10 Å². The molecule has 0 aliphatic heterocycles. The summed E-state index contributed by atoms with van der Waals surface area (Å²) in [6.07, 6.45) is 38.0. The van der Waals surface area contributed by atoms with Crippen molar-refractivity contribution in [1.82, 2.24) is 0 Å². The first-order chi connectivity index (χ1) is 26.0. The van der Waals surface area contributed by atoms with Crippen molar-refractivity contribution in [1.29, 1.82) is 0 Å². The van der Waals surface area contributed by atoms with E-state index in [-0.39, 0.29) is 32.0 Å². The van der Waals surface area contributed by atoms with Crippen molar-refractivity contribution in [3.8, 4) is 0 Å². The van der Waals surface area contributed by atoms with E-state index in [2.05, 4.69) is 25.7 Å². The number of phosphoric ester groups is 1. The Morgan fingerprint density at radius 1 is 0.611 bits per heavy atom. The molecular weight excluding hydrogens is 701 g/mol. The van der Waals surface area contributed by atoms with Gasteiger partial charge in [0.25, 0.3) is 7.82 Å². The standard InChI is InChI=1S/C44H84NO8P/c1-6-8-10-12-14-16-18-20-22-24-26-28-30-32-34-36-43(46)50-40-42(41-52-54(48,49)51-39-38-45(3,4)5)53-44(47)37-35-33-31-29-27-25-23-21-19-17-15-13-11-9-7-2/h6,13,15,42H,1,7-12,14,16-41H2,2-5H3/b15-13+/t42-/m1/s1. The molecule has 2 atom stereocenters. The minimum Gasteiger partial charge on any atom is -0.756 e. The average Bonchev–Trinajstić information content (AvgIpc) is 3.12. The van der Waals surface area contributed by atoms with Crippen molar-refractivity contribution in [2.75, 3.05) is 47.5 Å². The van der Waals surface area contributed by atoms with Crippen molar-refractivity contribution in [3.63, 3.8) is 0 Å². The number of nitrogens with zero attached hydrogens (tertiary/aromatic N) is 1. The zero-order valence-electron chi connectivity index (χ0n) is 35.5. The maximum atomic E-state index is 12.7. The highest BCUT2D eigenvalue weighted by Crippen LogP contribution is 2.38. The van der Waals surface area contributed by atoms with Gasteiger partial charge in [0.2, 0.25) is 0 Å². The van der Waals surface area contributed by atoms with E-state index in [1.165, 1.54) is 122 Å². The number of quaternary nitrogens is 1. The molecule has 0 aromatic rings. The normalized spacial score (nSPS) is 13.6. The van der Waals surface area contributed by atoms with Crippen molar-refractivity contribution in [2.24, 2.45) is 0 Å². The first-order valence-corrected chi connectivity index (χ1v) is 23.5. The van der Waals surface area contributed by atoms with Gasteiger partial charge in [0.1, 0.15) is 19.8 Å². The van der Waals surface area contributed by atoms with Gasteiger partial charge in [-0.15, -0.1) is 6.58 Å². The predicted molar refractivity (Wildman–Crippen MR) is 222 cm³/mol. The number of ether oxygens (including phenoxy) is 2. The molecule has 9 nitrogen and oxygen atoms in total. The highest BCUT2D eigenvalue weighted by molar-refractivity contribution is 7.45. The Bertz CT molecular complexity index is 967. The van der Waals surface area contributed by atoms with Gasteiger partial charge < -0.3 is 27.9 Å². The fourth-order valence-electron chi connectivity index (χ4n) is 6.09. The van der Waals surface area contributed by atoms with Crippen LogP contribution in [-0.4, -0.2) is 70.0 Å². The van der Waals surface area contributed by atoms with Crippen LogP contribution in [0.25, 0.3) is 0 Å². The third-order valence-electron chi connectivity index (χ3n) is 9.59. The van der Waals surface area contributed by atoms with E-state index in [4.69, 9.17) is 18.5 Å². The second-order valence-electron chi connectivity index (χ2n) is 16.1. The van der Waals surface area contributed by atoms with E-state index < -0.39 is 26.5 Å². The molecule has 0 spiro atoms. The maximum Gasteiger partial charge on any atom is 0.306 e. The number of phosphoric acid groups is 1. The SMILES string of the molecule is C=CCCCCCCCCCCCCCCCC(=O)OC[C@H](COP(=O)([O-])OCC[N+](C)(C)C)OC(=O)CCCCCCCCCCC/C=C/CCCC. The van der Waals surface area contributed by atoms with Crippen molar-refractivity contribution < 1.29 is 42.1 Å². The van der Waals surface area contributed by atoms with Crippen LogP contribution in [0.3, 0.4) is 0 Å². The molecule has 0 fully saturated rings. The van der Waals surface area contributed by atoms with Crippen LogP contribution in [0.15, 0.2) is 24.8 Å². The minimum atomic E-state index is -4.62. The third-order valence-corrected chi connectivity index (χ3v) is 10.6. The summed E-state index contributed by atoms with van der Waals surface area (Å²) in [4.78, 5) is 37.5. The number of likely N-dealkylation sites (N-methyl/N-ethyl adjacent to an activating group) is 1. The fourth-order valence-corrected chi connectivity index (χ4v) is 6.82. The molecule has 0 aliphatic carbocycles. The molecule has 0 amide bonds. The summed E-state index contributed by atoms with van der Waals surface area (Å²) in [6.45, 7) is 5.73. The molecule has 318 valence electrons. The Labute approximate surface area is 332 Å². The van der Waals surface area contributed by atoms with Crippen LogP contribution in [-0.2, 0) is 32.7 Å². The zero-order valence-corrected chi connectivity index (χ0v) is 36.4. The molecule has 10 heteroatoms. The Morgan fingerprint density at radius 3 is 1.50 bits per heavy atom. The van der Waals surface area contributed by atoms with Crippen molar-refractivity contribution >= 4 is 19.8 Å². The molecule has 0 radical (unpaired) electrons. The number of unbranched alkanes of at least 4 members (excludes halogenated alkanes) is 24. The molecule has 0 saturated carbocycles. The largest absolute Gasteiger partial charge is 0.756 e. The van der Waals surface area contributed by atoms with E-state index in [1.54, 1.807) is 0 Å². The van der Waals surface area contributed by atoms with Gasteiger partial charge in [0, 0.05) is 12.8 Å². The van der Waals surface area contributed by atoms with Gasteiger partial charge in [0.05, 0.1) is 27.7 Å². The number of esters is 2. The topological polar surface area (TPSA) is 111 Å². The minimum absolute atomic E-state index is 0.0303. The summed E-state index contributed by atoms with van der Waals surface area (Å²) in [5, 5.41) is 0. The van der Waals surface area contributed by atoms with Crippen LogP contribution in [0.2, 0.25) is 0 Å². The molecule has 0 rings (SSSR count). The van der Waals surface area contributed by atoms with E-state index in [1.807, 2.05) is 27.2 Å². The zero-order chi connectivity index (χ0) is 40.0. The molecule has 0 aromatic carbocycles. The first kappa shape index (κ1) is 52.5. The third kappa shape index (κ3) is 40.2. The van der Waals surface area contributed by atoms with Gasteiger partial charge >= 0.3 is 11.9 Å². The quantitative estimate of drug-likeness (QED) is 0.0198. The van der Waals surface area contributed by atoms with Gasteiger partial charge in [-0.3, -0.25) is 14.2 Å². The van der Waals surface area contributed by atoms with Crippen molar-refractivity contribution in [2.45, 2.75) is 199 Å². The van der Waals surface area contributed by atoms with E-state index in [9.17, 15) is 19.0 Å². The van der Waals surface area contributed by atoms with Crippen LogP contribution in [0.5, 0.6) is 0 Å². The molecule has 0 aromatic heterocycles. The lowest BCUT2D eigenvalue weighted by Crippen LogP contribution is -2.37. The Morgan fingerprint density at radius 2 is 1.04 bits per heavy atom. The van der Waals surface area contributed by atoms with E-state index >= 15 is 0 Å². The Balaban J connectivity index is 4.32. The average molecular weight is 786 g/mol.